The maximum absolute atomic E-state index is 9.11. The van der Waals surface area contributed by atoms with Crippen molar-refractivity contribution < 1.29 is 5.11 Å². The molecular formula is C12H13N3O. The van der Waals surface area contributed by atoms with Crippen LogP contribution in [0, 0.1) is 0 Å². The van der Waals surface area contributed by atoms with Gasteiger partial charge in [0.05, 0.1) is 6.20 Å². The Labute approximate surface area is 93.8 Å². The van der Waals surface area contributed by atoms with Crippen molar-refractivity contribution in [2.45, 2.75) is 13.0 Å². The molecule has 16 heavy (non-hydrogen) atoms. The molecule has 4 nitrogen and oxygen atoms in total. The van der Waals surface area contributed by atoms with Crippen molar-refractivity contribution in [3.63, 3.8) is 0 Å². The Hall–Kier alpha value is -2.10. The zero-order valence-corrected chi connectivity index (χ0v) is 8.82. The van der Waals surface area contributed by atoms with E-state index in [1.54, 1.807) is 23.0 Å². The van der Waals surface area contributed by atoms with Crippen molar-refractivity contribution in [2.24, 2.45) is 0 Å². The summed E-state index contributed by atoms with van der Waals surface area (Å²) in [6.07, 6.45) is 8.52. The summed E-state index contributed by atoms with van der Waals surface area (Å²) < 4.78 is 1.79. The highest BCUT2D eigenvalue weighted by Crippen LogP contribution is 2.10. The van der Waals surface area contributed by atoms with Gasteiger partial charge in [-0.2, -0.15) is 0 Å². The number of allylic oxidation sites excluding steroid dienone is 1. The van der Waals surface area contributed by atoms with Crippen LogP contribution >= 0.6 is 0 Å². The Morgan fingerprint density at radius 3 is 2.75 bits per heavy atom. The lowest BCUT2D eigenvalue weighted by Gasteiger charge is -1.96. The van der Waals surface area contributed by atoms with Crippen molar-refractivity contribution in [2.75, 3.05) is 0 Å². The van der Waals surface area contributed by atoms with E-state index in [-0.39, 0.29) is 0 Å². The number of rotatable bonds is 4. The Morgan fingerprint density at radius 1 is 1.25 bits per heavy atom. The molecule has 1 aromatic heterocycles. The highest BCUT2D eigenvalue weighted by atomic mass is 16.3. The van der Waals surface area contributed by atoms with Crippen molar-refractivity contribution in [1.29, 1.82) is 0 Å². The summed E-state index contributed by atoms with van der Waals surface area (Å²) in [7, 11) is 0. The van der Waals surface area contributed by atoms with Crippen LogP contribution in [0.1, 0.15) is 12.0 Å². The maximum atomic E-state index is 9.11. The number of hydrogen-bond donors (Lipinski definition) is 1. The summed E-state index contributed by atoms with van der Waals surface area (Å²) >= 11 is 0. The minimum Gasteiger partial charge on any atom is -0.508 e. The van der Waals surface area contributed by atoms with Gasteiger partial charge in [0.25, 0.3) is 0 Å². The summed E-state index contributed by atoms with van der Waals surface area (Å²) in [6.45, 7) is 0.828. The number of phenols is 1. The number of aromatic nitrogens is 3. The molecule has 0 fully saturated rings. The van der Waals surface area contributed by atoms with Gasteiger partial charge in [-0.25, -0.2) is 0 Å². The predicted octanol–water partition coefficient (Wildman–Crippen LogP) is 2.09. The van der Waals surface area contributed by atoms with E-state index in [2.05, 4.69) is 16.4 Å². The molecular weight excluding hydrogens is 202 g/mol. The van der Waals surface area contributed by atoms with Crippen LogP contribution in [0.3, 0.4) is 0 Å². The molecule has 2 rings (SSSR count). The zero-order chi connectivity index (χ0) is 11.2. The fourth-order valence-corrected chi connectivity index (χ4v) is 1.36. The Balaban J connectivity index is 1.83. The normalized spacial score (nSPS) is 11.0. The second kappa shape index (κ2) is 5.11. The lowest BCUT2D eigenvalue weighted by Crippen LogP contribution is -1.97. The minimum absolute atomic E-state index is 0.291. The molecule has 0 bridgehead atoms. The summed E-state index contributed by atoms with van der Waals surface area (Å²) in [5.74, 6) is 0.291. The first kappa shape index (κ1) is 10.4. The molecule has 0 spiro atoms. The summed E-state index contributed by atoms with van der Waals surface area (Å²) in [5, 5.41) is 16.7. The fourth-order valence-electron chi connectivity index (χ4n) is 1.36. The molecule has 0 aliphatic heterocycles. The second-order valence-electron chi connectivity index (χ2n) is 3.45. The van der Waals surface area contributed by atoms with Crippen molar-refractivity contribution in [1.82, 2.24) is 15.0 Å². The predicted molar refractivity (Wildman–Crippen MR) is 61.8 cm³/mol. The summed E-state index contributed by atoms with van der Waals surface area (Å²) in [6, 6.07) is 7.11. The first-order chi connectivity index (χ1) is 7.84. The van der Waals surface area contributed by atoms with Crippen molar-refractivity contribution in [3.05, 3.63) is 48.3 Å². The van der Waals surface area contributed by atoms with Crippen LogP contribution < -0.4 is 0 Å². The molecule has 1 aromatic carbocycles. The quantitative estimate of drug-likeness (QED) is 0.849. The lowest BCUT2D eigenvalue weighted by molar-refractivity contribution is 0.475. The van der Waals surface area contributed by atoms with Gasteiger partial charge in [-0.15, -0.1) is 5.10 Å². The fraction of sp³-hybridized carbons (Fsp3) is 0.167. The number of aromatic hydroxyl groups is 1. The van der Waals surface area contributed by atoms with Gasteiger partial charge in [-0.05, 0) is 24.1 Å². The van der Waals surface area contributed by atoms with E-state index in [0.29, 0.717) is 5.75 Å². The van der Waals surface area contributed by atoms with E-state index in [1.807, 2.05) is 24.4 Å². The van der Waals surface area contributed by atoms with Crippen LogP contribution in [0.2, 0.25) is 0 Å². The molecule has 0 saturated heterocycles. The first-order valence-corrected chi connectivity index (χ1v) is 5.14. The van der Waals surface area contributed by atoms with Crippen LogP contribution in [0.5, 0.6) is 5.75 Å². The van der Waals surface area contributed by atoms with Crippen LogP contribution in [0.25, 0.3) is 6.08 Å². The number of hydrogen-bond acceptors (Lipinski definition) is 3. The Kier molecular flexibility index (Phi) is 3.33. The van der Waals surface area contributed by atoms with E-state index < -0.39 is 0 Å². The van der Waals surface area contributed by atoms with Crippen LogP contribution in [-0.4, -0.2) is 20.1 Å². The van der Waals surface area contributed by atoms with Gasteiger partial charge in [0.2, 0.25) is 0 Å². The number of aryl methyl sites for hydroxylation is 1. The van der Waals surface area contributed by atoms with Gasteiger partial charge in [0.15, 0.2) is 0 Å². The standard InChI is InChI=1S/C12H13N3O/c16-12-6-4-11(5-7-12)3-1-2-9-15-10-8-13-14-15/h1,3-8,10,16H,2,9H2. The number of phenolic OH excluding ortho intramolecular Hbond substituents is 1. The second-order valence-corrected chi connectivity index (χ2v) is 3.45. The molecule has 2 aromatic rings. The van der Waals surface area contributed by atoms with Gasteiger partial charge in [0, 0.05) is 12.7 Å². The third kappa shape index (κ3) is 2.95. The molecule has 0 aliphatic carbocycles. The zero-order valence-electron chi connectivity index (χ0n) is 8.82. The summed E-state index contributed by atoms with van der Waals surface area (Å²) in [5.41, 5.74) is 1.08. The molecule has 0 amide bonds. The van der Waals surface area contributed by atoms with Gasteiger partial charge >= 0.3 is 0 Å². The van der Waals surface area contributed by atoms with E-state index in [4.69, 9.17) is 5.11 Å². The average molecular weight is 215 g/mol. The van der Waals surface area contributed by atoms with Crippen molar-refractivity contribution in [3.8, 4) is 5.75 Å². The maximum Gasteiger partial charge on any atom is 0.115 e. The van der Waals surface area contributed by atoms with E-state index >= 15 is 0 Å². The smallest absolute Gasteiger partial charge is 0.115 e. The third-order valence-corrected chi connectivity index (χ3v) is 2.20. The van der Waals surface area contributed by atoms with Crippen LogP contribution in [0.4, 0.5) is 0 Å². The van der Waals surface area contributed by atoms with E-state index in [0.717, 1.165) is 18.5 Å². The van der Waals surface area contributed by atoms with Crippen LogP contribution in [-0.2, 0) is 6.54 Å². The minimum atomic E-state index is 0.291. The third-order valence-electron chi connectivity index (χ3n) is 2.20. The van der Waals surface area contributed by atoms with Crippen molar-refractivity contribution >= 4 is 6.08 Å². The Morgan fingerprint density at radius 2 is 2.06 bits per heavy atom. The monoisotopic (exact) mass is 215 g/mol. The highest BCUT2D eigenvalue weighted by molar-refractivity contribution is 5.50. The number of benzene rings is 1. The largest absolute Gasteiger partial charge is 0.508 e. The van der Waals surface area contributed by atoms with Gasteiger partial charge in [-0.1, -0.05) is 29.5 Å². The molecule has 4 heteroatoms. The first-order valence-electron chi connectivity index (χ1n) is 5.14. The van der Waals surface area contributed by atoms with Gasteiger partial charge < -0.3 is 5.11 Å². The topological polar surface area (TPSA) is 50.9 Å². The van der Waals surface area contributed by atoms with Gasteiger partial charge in [-0.3, -0.25) is 4.68 Å². The molecule has 82 valence electrons. The SMILES string of the molecule is Oc1ccc(C=CCCn2ccnn2)cc1. The van der Waals surface area contributed by atoms with E-state index in [1.165, 1.54) is 0 Å². The van der Waals surface area contributed by atoms with Crippen LogP contribution in [0.15, 0.2) is 42.7 Å². The highest BCUT2D eigenvalue weighted by Gasteiger charge is 1.89. The summed E-state index contributed by atoms with van der Waals surface area (Å²) in [4.78, 5) is 0. The molecule has 0 atom stereocenters. The number of nitrogens with zero attached hydrogens (tertiary/aromatic N) is 3. The van der Waals surface area contributed by atoms with Gasteiger partial charge in [0.1, 0.15) is 5.75 Å². The molecule has 0 aliphatic rings. The Bertz CT molecular complexity index is 446. The average Bonchev–Trinajstić information content (AvgIpc) is 2.80. The molecule has 0 saturated carbocycles. The molecule has 1 N–H and O–H groups in total. The molecule has 0 radical (unpaired) electrons. The lowest BCUT2D eigenvalue weighted by atomic mass is 10.2. The molecule has 0 unspecified atom stereocenters. The van der Waals surface area contributed by atoms with E-state index in [9.17, 15) is 0 Å². The molecule has 1 heterocycles.